The van der Waals surface area contributed by atoms with Gasteiger partial charge in [0.05, 0.1) is 5.69 Å². The average Bonchev–Trinajstić information content (AvgIpc) is 2.98. The van der Waals surface area contributed by atoms with E-state index in [-0.39, 0.29) is 22.1 Å². The number of nitrogens with zero attached hydrogens (tertiary/aromatic N) is 5. The van der Waals surface area contributed by atoms with Crippen LogP contribution in [0.2, 0.25) is 0 Å². The summed E-state index contributed by atoms with van der Waals surface area (Å²) in [5.74, 6) is 0.999. The molecule has 0 radical (unpaired) electrons. The van der Waals surface area contributed by atoms with Crippen molar-refractivity contribution >= 4 is 0 Å². The molecule has 1 aliphatic rings. The molecule has 5 rings (SSSR count). The minimum absolute atomic E-state index is 0.0359. The van der Waals surface area contributed by atoms with Crippen LogP contribution in [0.4, 0.5) is 0 Å². The zero-order chi connectivity index (χ0) is 25.0. The van der Waals surface area contributed by atoms with Crippen molar-refractivity contribution in [1.29, 1.82) is 5.26 Å². The molecule has 5 heteroatoms. The molecule has 0 saturated carbocycles. The Hall–Kier alpha value is -3.91. The van der Waals surface area contributed by atoms with Crippen molar-refractivity contribution in [1.82, 2.24) is 19.9 Å². The number of aromatic nitrogens is 4. The van der Waals surface area contributed by atoms with Crippen LogP contribution < -0.4 is 0 Å². The van der Waals surface area contributed by atoms with Gasteiger partial charge in [-0.3, -0.25) is 4.98 Å². The summed E-state index contributed by atoms with van der Waals surface area (Å²) in [6.07, 6.45) is 1.77. The van der Waals surface area contributed by atoms with E-state index in [1.165, 1.54) is 11.1 Å². The van der Waals surface area contributed by atoms with Crippen molar-refractivity contribution in [3.05, 3.63) is 83.8 Å². The van der Waals surface area contributed by atoms with Gasteiger partial charge >= 0.3 is 0 Å². The van der Waals surface area contributed by atoms with Gasteiger partial charge in [0.1, 0.15) is 6.07 Å². The van der Waals surface area contributed by atoms with Crippen LogP contribution in [0.25, 0.3) is 34.0 Å². The summed E-state index contributed by atoms with van der Waals surface area (Å²) in [5.41, 5.74) is 6.60. The van der Waals surface area contributed by atoms with Gasteiger partial charge in [0.15, 0.2) is 11.6 Å². The fourth-order valence-corrected chi connectivity index (χ4v) is 5.19. The van der Waals surface area contributed by atoms with Gasteiger partial charge in [-0.2, -0.15) is 15.2 Å². The molecule has 5 nitrogen and oxygen atoms in total. The monoisotopic (exact) mass is 459 g/mol. The minimum Gasteiger partial charge on any atom is -0.255 e. The quantitative estimate of drug-likeness (QED) is 0.339. The maximum absolute atomic E-state index is 9.45. The molecular weight excluding hydrogens is 430 g/mol. The third-order valence-electron chi connectivity index (χ3n) is 8.58. The summed E-state index contributed by atoms with van der Waals surface area (Å²) in [5, 5.41) is 9.45. The van der Waals surface area contributed by atoms with E-state index in [0.717, 1.165) is 22.4 Å². The van der Waals surface area contributed by atoms with Crippen LogP contribution in [-0.2, 0) is 10.8 Å². The molecule has 0 atom stereocenters. The van der Waals surface area contributed by atoms with Crippen LogP contribution in [-0.4, -0.2) is 19.9 Å². The van der Waals surface area contributed by atoms with Gasteiger partial charge < -0.3 is 0 Å². The summed E-state index contributed by atoms with van der Waals surface area (Å²) in [7, 11) is 0. The minimum atomic E-state index is 0.0359. The Kier molecular flexibility index (Phi) is 5.10. The molecule has 2 aromatic heterocycles. The number of pyridine rings is 1. The fraction of sp³-hybridized carbons (Fsp3) is 0.300. The molecule has 0 spiro atoms. The molecule has 0 unspecified atom stereocenters. The lowest BCUT2D eigenvalue weighted by Crippen LogP contribution is -2.42. The van der Waals surface area contributed by atoms with Crippen molar-refractivity contribution in [2.75, 3.05) is 0 Å². The van der Waals surface area contributed by atoms with Gasteiger partial charge in [-0.15, -0.1) is 0 Å². The van der Waals surface area contributed by atoms with Gasteiger partial charge in [0.2, 0.25) is 5.82 Å². The fourth-order valence-electron chi connectivity index (χ4n) is 5.19. The highest BCUT2D eigenvalue weighted by Crippen LogP contribution is 2.61. The first kappa shape index (κ1) is 22.9. The summed E-state index contributed by atoms with van der Waals surface area (Å²) in [6.45, 7) is 14.1. The molecule has 0 amide bonds. The third kappa shape index (κ3) is 3.44. The van der Waals surface area contributed by atoms with Gasteiger partial charge in [-0.1, -0.05) is 84.0 Å². The summed E-state index contributed by atoms with van der Waals surface area (Å²) in [4.78, 5) is 18.0. The van der Waals surface area contributed by atoms with Crippen LogP contribution in [0.15, 0.2) is 66.9 Å². The van der Waals surface area contributed by atoms with E-state index in [2.05, 4.69) is 74.7 Å². The molecule has 2 heterocycles. The lowest BCUT2D eigenvalue weighted by Gasteiger charge is -2.44. The van der Waals surface area contributed by atoms with E-state index in [1.54, 1.807) is 6.20 Å². The highest BCUT2D eigenvalue weighted by atomic mass is 15.0. The Morgan fingerprint density at radius 2 is 1.29 bits per heavy atom. The van der Waals surface area contributed by atoms with Crippen molar-refractivity contribution in [2.45, 2.75) is 52.4 Å². The lowest BCUT2D eigenvalue weighted by atomic mass is 9.59. The van der Waals surface area contributed by atoms with Crippen LogP contribution >= 0.6 is 0 Å². The normalized spacial score (nSPS) is 16.9. The number of rotatable bonds is 3. The second-order valence-electron chi connectivity index (χ2n) is 10.9. The average molecular weight is 460 g/mol. The molecule has 0 fully saturated rings. The molecule has 174 valence electrons. The molecule has 0 saturated heterocycles. The first-order valence-corrected chi connectivity index (χ1v) is 11.9. The molecule has 2 aromatic carbocycles. The van der Waals surface area contributed by atoms with Crippen LogP contribution in [0.1, 0.15) is 58.5 Å². The maximum Gasteiger partial charge on any atom is 0.236 e. The largest absolute Gasteiger partial charge is 0.255 e. The Labute approximate surface area is 207 Å². The Morgan fingerprint density at radius 3 is 1.91 bits per heavy atom. The van der Waals surface area contributed by atoms with E-state index in [9.17, 15) is 5.26 Å². The van der Waals surface area contributed by atoms with E-state index in [1.807, 2.05) is 48.5 Å². The van der Waals surface area contributed by atoms with Crippen molar-refractivity contribution in [3.8, 4) is 40.1 Å². The van der Waals surface area contributed by atoms with Crippen molar-refractivity contribution in [2.24, 2.45) is 5.41 Å². The van der Waals surface area contributed by atoms with Gasteiger partial charge in [-0.05, 0) is 45.6 Å². The van der Waals surface area contributed by atoms with Crippen LogP contribution in [0, 0.1) is 16.7 Å². The number of fused-ring (bicyclic) bond motifs is 1. The lowest BCUT2D eigenvalue weighted by molar-refractivity contribution is 0.125. The second-order valence-corrected chi connectivity index (χ2v) is 10.9. The molecular formula is C30H29N5. The van der Waals surface area contributed by atoms with Crippen LogP contribution in [0.3, 0.4) is 0 Å². The molecule has 0 bridgehead atoms. The Morgan fingerprint density at radius 1 is 0.657 bits per heavy atom. The summed E-state index contributed by atoms with van der Waals surface area (Å²) in [6, 6.07) is 22.3. The zero-order valence-corrected chi connectivity index (χ0v) is 21.1. The Bertz CT molecular complexity index is 1460. The summed E-state index contributed by atoms with van der Waals surface area (Å²) >= 11 is 0. The predicted octanol–water partition coefficient (Wildman–Crippen LogP) is 6.73. The van der Waals surface area contributed by atoms with E-state index < -0.39 is 0 Å². The second kappa shape index (κ2) is 7.81. The smallest absolute Gasteiger partial charge is 0.236 e. The summed E-state index contributed by atoms with van der Waals surface area (Å²) < 4.78 is 0. The predicted molar refractivity (Wildman–Crippen MR) is 138 cm³/mol. The first-order valence-electron chi connectivity index (χ1n) is 11.9. The van der Waals surface area contributed by atoms with Crippen LogP contribution in [0.5, 0.6) is 0 Å². The van der Waals surface area contributed by atoms with Crippen molar-refractivity contribution < 1.29 is 0 Å². The highest BCUT2D eigenvalue weighted by Gasteiger charge is 2.56. The van der Waals surface area contributed by atoms with E-state index >= 15 is 0 Å². The standard InChI is InChI=1S/C30H29N5/c1-28(2)22-14-12-20(16-23(22)29(3,4)30(28,5)6)24-15-13-21(18-32-24)27-34-25(17-31)33-26(35-27)19-10-8-7-9-11-19/h7-16,18H,1-6H3. The maximum atomic E-state index is 9.45. The highest BCUT2D eigenvalue weighted by molar-refractivity contribution is 5.67. The van der Waals surface area contributed by atoms with Gasteiger partial charge in [0, 0.05) is 22.9 Å². The molecule has 4 aromatic rings. The Balaban J connectivity index is 1.53. The third-order valence-corrected chi connectivity index (χ3v) is 8.58. The first-order chi connectivity index (χ1) is 16.6. The number of hydrogen-bond donors (Lipinski definition) is 0. The molecule has 1 aliphatic carbocycles. The SMILES string of the molecule is CC1(C)c2ccc(-c3ccc(-c4nc(C#N)nc(-c5ccccc5)n4)cn3)cc2C(C)(C)C1(C)C. The number of hydrogen-bond acceptors (Lipinski definition) is 5. The van der Waals surface area contributed by atoms with E-state index in [0.29, 0.717) is 11.6 Å². The number of benzene rings is 2. The van der Waals surface area contributed by atoms with Gasteiger partial charge in [-0.25, -0.2) is 4.98 Å². The molecule has 0 aliphatic heterocycles. The topological polar surface area (TPSA) is 75.3 Å². The van der Waals surface area contributed by atoms with E-state index in [4.69, 9.17) is 4.98 Å². The van der Waals surface area contributed by atoms with Crippen molar-refractivity contribution in [3.63, 3.8) is 0 Å². The van der Waals surface area contributed by atoms with Gasteiger partial charge in [0.25, 0.3) is 0 Å². The molecule has 0 N–H and O–H groups in total. The number of nitriles is 1. The zero-order valence-electron chi connectivity index (χ0n) is 21.1. The molecule has 35 heavy (non-hydrogen) atoms.